The number of phenolic OH excluding ortho intramolecular Hbond substituents is 1. The number of nitrogens with one attached hydrogen (secondary N) is 1. The monoisotopic (exact) mass is 324 g/mol. The molecule has 0 fully saturated rings. The highest BCUT2D eigenvalue weighted by molar-refractivity contribution is 5.83. The number of hydrogen-bond acceptors (Lipinski definition) is 3. The Morgan fingerprint density at radius 1 is 1.08 bits per heavy atom. The molecule has 0 saturated carbocycles. The van der Waals surface area contributed by atoms with E-state index in [2.05, 4.69) is 5.32 Å². The average molecular weight is 324 g/mol. The molecule has 0 spiro atoms. The summed E-state index contributed by atoms with van der Waals surface area (Å²) < 4.78 is 1.89. The molecule has 5 nitrogen and oxygen atoms in total. The second kappa shape index (κ2) is 7.19. The highest BCUT2D eigenvalue weighted by atomic mass is 16.3. The standard InChI is InChI=1S/C19H20N2O3/c22-13-16(11-14-5-7-17(23)8-6-14)20-19(24)12-21-10-9-15-3-1-2-4-18(15)21/h1-10,16,22-23H,11-13H2,(H,20,24)/t16-/m0/s1. The van der Waals surface area contributed by atoms with Crippen molar-refractivity contribution in [2.45, 2.75) is 19.0 Å². The quantitative estimate of drug-likeness (QED) is 0.650. The number of carbonyl (C=O) groups excluding carboxylic acids is 1. The summed E-state index contributed by atoms with van der Waals surface area (Å²) in [5, 5.41) is 22.8. The van der Waals surface area contributed by atoms with Gasteiger partial charge in [0.15, 0.2) is 0 Å². The molecule has 3 rings (SSSR count). The number of para-hydroxylation sites is 1. The van der Waals surface area contributed by atoms with E-state index in [9.17, 15) is 15.0 Å². The molecule has 3 aromatic rings. The molecule has 0 radical (unpaired) electrons. The van der Waals surface area contributed by atoms with Crippen molar-refractivity contribution in [1.29, 1.82) is 0 Å². The Morgan fingerprint density at radius 2 is 1.83 bits per heavy atom. The molecule has 0 aliphatic rings. The maximum absolute atomic E-state index is 12.3. The molecule has 1 heterocycles. The number of aromatic nitrogens is 1. The van der Waals surface area contributed by atoms with Crippen LogP contribution in [0.15, 0.2) is 60.8 Å². The molecular weight excluding hydrogens is 304 g/mol. The molecule has 124 valence electrons. The van der Waals surface area contributed by atoms with E-state index >= 15 is 0 Å². The van der Waals surface area contributed by atoms with Crippen LogP contribution in [0.1, 0.15) is 5.56 Å². The molecule has 0 unspecified atom stereocenters. The van der Waals surface area contributed by atoms with Crippen LogP contribution in [-0.2, 0) is 17.8 Å². The van der Waals surface area contributed by atoms with Crippen molar-refractivity contribution in [3.63, 3.8) is 0 Å². The van der Waals surface area contributed by atoms with Gasteiger partial charge in [-0.15, -0.1) is 0 Å². The number of carbonyl (C=O) groups is 1. The minimum Gasteiger partial charge on any atom is -0.508 e. The number of amides is 1. The zero-order chi connectivity index (χ0) is 16.9. The average Bonchev–Trinajstić information content (AvgIpc) is 2.99. The molecule has 0 saturated heterocycles. The first-order valence-electron chi connectivity index (χ1n) is 7.87. The number of hydrogen-bond donors (Lipinski definition) is 3. The number of fused-ring (bicyclic) bond motifs is 1. The first-order chi connectivity index (χ1) is 11.7. The van der Waals surface area contributed by atoms with Gasteiger partial charge in [0, 0.05) is 11.7 Å². The third-order valence-electron chi connectivity index (χ3n) is 4.00. The molecule has 3 N–H and O–H groups in total. The van der Waals surface area contributed by atoms with E-state index in [0.717, 1.165) is 16.5 Å². The van der Waals surface area contributed by atoms with Gasteiger partial charge in [0.25, 0.3) is 0 Å². The molecule has 0 bridgehead atoms. The maximum atomic E-state index is 12.3. The summed E-state index contributed by atoms with van der Waals surface area (Å²) in [7, 11) is 0. The molecule has 1 aromatic heterocycles. The van der Waals surface area contributed by atoms with Crippen molar-refractivity contribution in [2.75, 3.05) is 6.61 Å². The number of aliphatic hydroxyl groups excluding tert-OH is 1. The van der Waals surface area contributed by atoms with Gasteiger partial charge in [0.05, 0.1) is 12.6 Å². The van der Waals surface area contributed by atoms with Crippen molar-refractivity contribution in [2.24, 2.45) is 0 Å². The fraction of sp³-hybridized carbons (Fsp3) is 0.211. The van der Waals surface area contributed by atoms with Crippen molar-refractivity contribution in [1.82, 2.24) is 9.88 Å². The smallest absolute Gasteiger partial charge is 0.240 e. The summed E-state index contributed by atoms with van der Waals surface area (Å²) >= 11 is 0. The zero-order valence-electron chi connectivity index (χ0n) is 13.2. The molecule has 1 atom stereocenters. The first kappa shape index (κ1) is 16.1. The van der Waals surface area contributed by atoms with Gasteiger partial charge in [-0.2, -0.15) is 0 Å². The van der Waals surface area contributed by atoms with Crippen LogP contribution in [0.3, 0.4) is 0 Å². The van der Waals surface area contributed by atoms with Gasteiger partial charge in [0.1, 0.15) is 12.3 Å². The molecule has 2 aromatic carbocycles. The summed E-state index contributed by atoms with van der Waals surface area (Å²) in [6, 6.07) is 16.3. The van der Waals surface area contributed by atoms with Crippen LogP contribution in [0.4, 0.5) is 0 Å². The Hall–Kier alpha value is -2.79. The van der Waals surface area contributed by atoms with E-state index in [1.54, 1.807) is 24.3 Å². The normalized spacial score (nSPS) is 12.2. The van der Waals surface area contributed by atoms with Crippen LogP contribution in [-0.4, -0.2) is 33.3 Å². The van der Waals surface area contributed by atoms with E-state index in [1.165, 1.54) is 0 Å². The van der Waals surface area contributed by atoms with Gasteiger partial charge in [-0.25, -0.2) is 0 Å². The summed E-state index contributed by atoms with van der Waals surface area (Å²) in [6.45, 7) is 0.0681. The van der Waals surface area contributed by atoms with E-state index in [4.69, 9.17) is 0 Å². The number of phenols is 1. The predicted octanol–water partition coefficient (Wildman–Crippen LogP) is 2.07. The van der Waals surface area contributed by atoms with Gasteiger partial charge in [-0.3, -0.25) is 4.79 Å². The fourth-order valence-electron chi connectivity index (χ4n) is 2.78. The van der Waals surface area contributed by atoms with Gasteiger partial charge >= 0.3 is 0 Å². The molecule has 24 heavy (non-hydrogen) atoms. The van der Waals surface area contributed by atoms with Crippen LogP contribution < -0.4 is 5.32 Å². The Balaban J connectivity index is 1.63. The summed E-state index contributed by atoms with van der Waals surface area (Å²) in [5.41, 5.74) is 1.95. The van der Waals surface area contributed by atoms with Crippen LogP contribution in [0.5, 0.6) is 5.75 Å². The lowest BCUT2D eigenvalue weighted by molar-refractivity contribution is -0.122. The van der Waals surface area contributed by atoms with Gasteiger partial charge < -0.3 is 20.1 Å². The van der Waals surface area contributed by atoms with Crippen molar-refractivity contribution >= 4 is 16.8 Å². The highest BCUT2D eigenvalue weighted by Crippen LogP contribution is 2.15. The van der Waals surface area contributed by atoms with Crippen LogP contribution in [0, 0.1) is 0 Å². The number of aliphatic hydroxyl groups is 1. The molecule has 1 amide bonds. The lowest BCUT2D eigenvalue weighted by Gasteiger charge is -2.17. The number of rotatable bonds is 6. The van der Waals surface area contributed by atoms with Gasteiger partial charge in [0.2, 0.25) is 5.91 Å². The minimum atomic E-state index is -0.358. The fourth-order valence-corrected chi connectivity index (χ4v) is 2.78. The summed E-state index contributed by atoms with van der Waals surface area (Å²) in [4.78, 5) is 12.3. The molecular formula is C19H20N2O3. The maximum Gasteiger partial charge on any atom is 0.240 e. The predicted molar refractivity (Wildman–Crippen MR) is 92.8 cm³/mol. The van der Waals surface area contributed by atoms with E-state index in [-0.39, 0.29) is 30.9 Å². The summed E-state index contributed by atoms with van der Waals surface area (Å²) in [5.74, 6) is 0.0528. The SMILES string of the molecule is O=C(Cn1ccc2ccccc21)N[C@H](CO)Cc1ccc(O)cc1. The van der Waals surface area contributed by atoms with E-state index < -0.39 is 0 Å². The molecule has 5 heteroatoms. The second-order valence-corrected chi connectivity index (χ2v) is 5.82. The van der Waals surface area contributed by atoms with Gasteiger partial charge in [-0.05, 0) is 41.6 Å². The highest BCUT2D eigenvalue weighted by Gasteiger charge is 2.13. The molecule has 0 aliphatic heterocycles. The first-order valence-corrected chi connectivity index (χ1v) is 7.87. The Labute approximate surface area is 140 Å². The van der Waals surface area contributed by atoms with Crippen molar-refractivity contribution < 1.29 is 15.0 Å². The second-order valence-electron chi connectivity index (χ2n) is 5.82. The lowest BCUT2D eigenvalue weighted by atomic mass is 10.1. The Morgan fingerprint density at radius 3 is 2.58 bits per heavy atom. The number of nitrogens with zero attached hydrogens (tertiary/aromatic N) is 1. The number of aromatic hydroxyl groups is 1. The summed E-state index contributed by atoms with van der Waals surface area (Å²) in [6.07, 6.45) is 2.40. The Bertz CT molecular complexity index is 824. The third kappa shape index (κ3) is 3.75. The Kier molecular flexibility index (Phi) is 4.82. The van der Waals surface area contributed by atoms with E-state index in [1.807, 2.05) is 41.1 Å². The number of benzene rings is 2. The largest absolute Gasteiger partial charge is 0.508 e. The topological polar surface area (TPSA) is 74.5 Å². The van der Waals surface area contributed by atoms with E-state index in [0.29, 0.717) is 6.42 Å². The minimum absolute atomic E-state index is 0.140. The molecule has 0 aliphatic carbocycles. The van der Waals surface area contributed by atoms with Gasteiger partial charge in [-0.1, -0.05) is 30.3 Å². The lowest BCUT2D eigenvalue weighted by Crippen LogP contribution is -2.40. The third-order valence-corrected chi connectivity index (χ3v) is 4.00. The zero-order valence-corrected chi connectivity index (χ0v) is 13.2. The van der Waals surface area contributed by atoms with Crippen molar-refractivity contribution in [3.05, 3.63) is 66.4 Å². The van der Waals surface area contributed by atoms with Crippen LogP contribution in [0.25, 0.3) is 10.9 Å². The van der Waals surface area contributed by atoms with Crippen molar-refractivity contribution in [3.8, 4) is 5.75 Å². The van der Waals surface area contributed by atoms with Crippen LogP contribution >= 0.6 is 0 Å². The van der Waals surface area contributed by atoms with Crippen LogP contribution in [0.2, 0.25) is 0 Å².